The van der Waals surface area contributed by atoms with Gasteiger partial charge in [-0.05, 0) is 49.6 Å². The molecule has 0 saturated carbocycles. The Labute approximate surface area is 141 Å². The van der Waals surface area contributed by atoms with Gasteiger partial charge in [0.2, 0.25) is 5.89 Å². The van der Waals surface area contributed by atoms with Gasteiger partial charge in [-0.2, -0.15) is 0 Å². The molecule has 0 aliphatic rings. The number of hydrogen-bond acceptors (Lipinski definition) is 4. The van der Waals surface area contributed by atoms with E-state index < -0.39 is 0 Å². The highest BCUT2D eigenvalue weighted by Gasteiger charge is 2.11. The number of rotatable bonds is 7. The number of oxazole rings is 1. The first-order valence-corrected chi connectivity index (χ1v) is 8.10. The molecule has 0 amide bonds. The van der Waals surface area contributed by atoms with Crippen LogP contribution in [0.25, 0.3) is 11.5 Å². The van der Waals surface area contributed by atoms with Crippen LogP contribution in [-0.2, 0) is 13.0 Å². The zero-order chi connectivity index (χ0) is 16.8. The van der Waals surface area contributed by atoms with Crippen LogP contribution in [0.3, 0.4) is 0 Å². The van der Waals surface area contributed by atoms with Gasteiger partial charge in [0.25, 0.3) is 0 Å². The molecule has 3 aromatic rings. The second kappa shape index (κ2) is 7.79. The van der Waals surface area contributed by atoms with Crippen LogP contribution in [0, 0.1) is 6.92 Å². The van der Waals surface area contributed by atoms with Crippen LogP contribution in [0.4, 0.5) is 0 Å². The Balaban J connectivity index is 1.68. The van der Waals surface area contributed by atoms with Crippen LogP contribution in [0.2, 0.25) is 0 Å². The zero-order valence-corrected chi connectivity index (χ0v) is 13.7. The molecule has 0 spiro atoms. The molecule has 24 heavy (non-hydrogen) atoms. The third-order valence-electron chi connectivity index (χ3n) is 3.81. The molecule has 0 unspecified atom stereocenters. The molecular weight excluding hydrogens is 302 g/mol. The lowest BCUT2D eigenvalue weighted by Crippen LogP contribution is -1.98. The van der Waals surface area contributed by atoms with Gasteiger partial charge in [0.05, 0.1) is 0 Å². The highest BCUT2D eigenvalue weighted by atomic mass is 16.5. The van der Waals surface area contributed by atoms with Crippen LogP contribution in [0.5, 0.6) is 5.75 Å². The first kappa shape index (κ1) is 16.3. The summed E-state index contributed by atoms with van der Waals surface area (Å²) >= 11 is 0. The van der Waals surface area contributed by atoms with Gasteiger partial charge in [0.1, 0.15) is 23.8 Å². The first-order valence-electron chi connectivity index (χ1n) is 8.10. The van der Waals surface area contributed by atoms with Gasteiger partial charge < -0.3 is 14.3 Å². The van der Waals surface area contributed by atoms with E-state index in [2.05, 4.69) is 4.98 Å². The molecule has 4 nitrogen and oxygen atoms in total. The molecule has 124 valence electrons. The normalized spacial score (nSPS) is 10.8. The van der Waals surface area contributed by atoms with Crippen molar-refractivity contribution in [3.8, 4) is 17.2 Å². The van der Waals surface area contributed by atoms with Crippen LogP contribution in [-0.4, -0.2) is 16.7 Å². The molecule has 2 aromatic carbocycles. The van der Waals surface area contributed by atoms with E-state index in [9.17, 15) is 0 Å². The highest BCUT2D eigenvalue weighted by molar-refractivity contribution is 5.53. The molecular formula is C20H21NO3. The smallest absolute Gasteiger partial charge is 0.226 e. The van der Waals surface area contributed by atoms with Crippen LogP contribution in [0.15, 0.2) is 59.0 Å². The maximum Gasteiger partial charge on any atom is 0.226 e. The number of hydrogen-bond donors (Lipinski definition) is 1. The lowest BCUT2D eigenvalue weighted by molar-refractivity contribution is 0.287. The van der Waals surface area contributed by atoms with Crippen LogP contribution < -0.4 is 4.74 Å². The molecule has 0 radical (unpaired) electrons. The van der Waals surface area contributed by atoms with E-state index in [-0.39, 0.29) is 6.61 Å². The van der Waals surface area contributed by atoms with Gasteiger partial charge in [-0.1, -0.05) is 30.3 Å². The minimum atomic E-state index is 0.200. The van der Waals surface area contributed by atoms with Gasteiger partial charge in [-0.25, -0.2) is 4.98 Å². The Morgan fingerprint density at radius 2 is 1.92 bits per heavy atom. The molecule has 0 atom stereocenters. The molecule has 0 aliphatic carbocycles. The van der Waals surface area contributed by atoms with Crippen molar-refractivity contribution in [2.24, 2.45) is 0 Å². The van der Waals surface area contributed by atoms with Gasteiger partial charge in [0.15, 0.2) is 0 Å². The van der Waals surface area contributed by atoms with Crippen molar-refractivity contribution in [1.29, 1.82) is 0 Å². The van der Waals surface area contributed by atoms with Crippen molar-refractivity contribution < 1.29 is 14.3 Å². The summed E-state index contributed by atoms with van der Waals surface area (Å²) in [6.07, 6.45) is 1.60. The average molecular weight is 323 g/mol. The van der Waals surface area contributed by atoms with Gasteiger partial charge in [0, 0.05) is 12.2 Å². The second-order valence-corrected chi connectivity index (χ2v) is 5.65. The first-order chi connectivity index (χ1) is 11.8. The molecule has 0 aliphatic heterocycles. The predicted molar refractivity (Wildman–Crippen MR) is 92.9 cm³/mol. The summed E-state index contributed by atoms with van der Waals surface area (Å²) in [7, 11) is 0. The van der Waals surface area contributed by atoms with Crippen molar-refractivity contribution >= 4 is 0 Å². The molecule has 0 fully saturated rings. The molecule has 0 bridgehead atoms. The third kappa shape index (κ3) is 4.03. The number of nitrogens with zero attached hydrogens (tertiary/aromatic N) is 1. The monoisotopic (exact) mass is 323 g/mol. The molecule has 1 aromatic heterocycles. The number of benzene rings is 2. The summed E-state index contributed by atoms with van der Waals surface area (Å²) in [6, 6.07) is 17.8. The molecule has 1 heterocycles. The van der Waals surface area contributed by atoms with Gasteiger partial charge in [-0.3, -0.25) is 0 Å². The zero-order valence-electron chi connectivity index (χ0n) is 13.7. The van der Waals surface area contributed by atoms with Gasteiger partial charge in [-0.15, -0.1) is 0 Å². The fraction of sp³-hybridized carbons (Fsp3) is 0.250. The third-order valence-corrected chi connectivity index (χ3v) is 3.81. The number of ether oxygens (including phenoxy) is 1. The average Bonchev–Trinajstić information content (AvgIpc) is 3.00. The van der Waals surface area contributed by atoms with Crippen molar-refractivity contribution in [2.75, 3.05) is 6.61 Å². The summed E-state index contributed by atoms with van der Waals surface area (Å²) < 4.78 is 11.6. The minimum absolute atomic E-state index is 0.200. The minimum Gasteiger partial charge on any atom is -0.487 e. The molecule has 4 heteroatoms. The van der Waals surface area contributed by atoms with Crippen LogP contribution >= 0.6 is 0 Å². The maximum atomic E-state index is 8.93. The fourth-order valence-electron chi connectivity index (χ4n) is 2.49. The Bertz CT molecular complexity index is 781. The fourth-order valence-corrected chi connectivity index (χ4v) is 2.49. The van der Waals surface area contributed by atoms with E-state index in [1.807, 2.05) is 61.5 Å². The summed E-state index contributed by atoms with van der Waals surface area (Å²) in [4.78, 5) is 4.54. The highest BCUT2D eigenvalue weighted by Crippen LogP contribution is 2.23. The van der Waals surface area contributed by atoms with Crippen molar-refractivity contribution in [3.05, 3.63) is 71.6 Å². The number of aromatic nitrogens is 1. The summed E-state index contributed by atoms with van der Waals surface area (Å²) in [6.45, 7) is 2.47. The molecule has 1 N–H and O–H groups in total. The SMILES string of the molecule is Cc1oc(-c2ccccc2)nc1COc1cccc(CCCO)c1. The Kier molecular flexibility index (Phi) is 5.29. The van der Waals surface area contributed by atoms with Crippen molar-refractivity contribution in [3.63, 3.8) is 0 Å². The number of aliphatic hydroxyl groups excluding tert-OH is 1. The number of aliphatic hydroxyl groups is 1. The van der Waals surface area contributed by atoms with E-state index in [1.54, 1.807) is 0 Å². The Morgan fingerprint density at radius 1 is 1.08 bits per heavy atom. The lowest BCUT2D eigenvalue weighted by Gasteiger charge is -2.06. The van der Waals surface area contributed by atoms with E-state index in [4.69, 9.17) is 14.3 Å². The maximum absolute atomic E-state index is 8.93. The van der Waals surface area contributed by atoms with Crippen LogP contribution in [0.1, 0.15) is 23.4 Å². The Hall–Kier alpha value is -2.59. The van der Waals surface area contributed by atoms with Crippen molar-refractivity contribution in [2.45, 2.75) is 26.4 Å². The standard InChI is InChI=1S/C20H21NO3/c1-15-19(21-20(24-15)17-9-3-2-4-10-17)14-23-18-11-5-7-16(13-18)8-6-12-22/h2-5,7,9-11,13,22H,6,8,12,14H2,1H3. The number of aryl methyl sites for hydroxylation is 2. The Morgan fingerprint density at radius 3 is 2.71 bits per heavy atom. The van der Waals surface area contributed by atoms with Gasteiger partial charge >= 0.3 is 0 Å². The van der Waals surface area contributed by atoms with E-state index in [0.717, 1.165) is 41.2 Å². The second-order valence-electron chi connectivity index (χ2n) is 5.65. The molecule has 3 rings (SSSR count). The van der Waals surface area contributed by atoms with E-state index >= 15 is 0 Å². The quantitative estimate of drug-likeness (QED) is 0.709. The summed E-state index contributed by atoms with van der Waals surface area (Å²) in [5.74, 6) is 2.18. The summed E-state index contributed by atoms with van der Waals surface area (Å²) in [5, 5.41) is 8.93. The largest absolute Gasteiger partial charge is 0.487 e. The van der Waals surface area contributed by atoms with E-state index in [0.29, 0.717) is 12.5 Å². The molecule has 0 saturated heterocycles. The summed E-state index contributed by atoms with van der Waals surface area (Å²) in [5.41, 5.74) is 2.91. The van der Waals surface area contributed by atoms with Crippen molar-refractivity contribution in [1.82, 2.24) is 4.98 Å². The lowest BCUT2D eigenvalue weighted by atomic mass is 10.1. The predicted octanol–water partition coefficient (Wildman–Crippen LogP) is 4.15. The van der Waals surface area contributed by atoms with E-state index in [1.165, 1.54) is 0 Å². The topological polar surface area (TPSA) is 55.5 Å².